The highest BCUT2D eigenvalue weighted by atomic mass is 32.2. The molecule has 1 saturated heterocycles. The third kappa shape index (κ3) is 4.52. The molecule has 0 aromatic heterocycles. The normalized spacial score (nSPS) is 19.1. The molecule has 1 fully saturated rings. The molecule has 1 aliphatic rings. The molecule has 2 atom stereocenters. The Morgan fingerprint density at radius 1 is 1.14 bits per heavy atom. The van der Waals surface area contributed by atoms with Crippen LogP contribution < -0.4 is 0 Å². The van der Waals surface area contributed by atoms with Gasteiger partial charge in [0.1, 0.15) is 17.0 Å². The Kier molecular flexibility index (Phi) is 6.34. The van der Waals surface area contributed by atoms with E-state index in [9.17, 15) is 18.4 Å². The summed E-state index contributed by atoms with van der Waals surface area (Å²) in [4.78, 5) is 28.2. The first-order valence-corrected chi connectivity index (χ1v) is 10.0. The number of nitrogens with zero attached hydrogens (tertiary/aromatic N) is 2. The Bertz CT molecular complexity index is 877. The van der Waals surface area contributed by atoms with Crippen molar-refractivity contribution in [1.82, 2.24) is 9.80 Å². The van der Waals surface area contributed by atoms with Gasteiger partial charge in [0.05, 0.1) is 5.25 Å². The summed E-state index contributed by atoms with van der Waals surface area (Å²) in [7, 11) is 1.65. The number of amides is 2. The highest BCUT2D eigenvalue weighted by molar-refractivity contribution is 8.01. The Labute approximate surface area is 167 Å². The molecule has 0 saturated carbocycles. The maximum Gasteiger partial charge on any atom is 0.253 e. The highest BCUT2D eigenvalue weighted by Crippen LogP contribution is 2.42. The molecular weight excluding hydrogens is 382 g/mol. The van der Waals surface area contributed by atoms with Crippen LogP contribution in [-0.2, 0) is 4.79 Å². The van der Waals surface area contributed by atoms with Crippen LogP contribution in [0, 0.1) is 11.6 Å². The number of hydrogen-bond acceptors (Lipinski definition) is 3. The maximum absolute atomic E-state index is 13.6. The van der Waals surface area contributed by atoms with E-state index in [-0.39, 0.29) is 28.3 Å². The highest BCUT2D eigenvalue weighted by Gasteiger charge is 2.38. The molecular formula is C21H22F2N2O2S. The molecule has 7 heteroatoms. The van der Waals surface area contributed by atoms with Crippen molar-refractivity contribution in [3.63, 3.8) is 0 Å². The molecule has 2 aromatic rings. The Morgan fingerprint density at radius 2 is 1.82 bits per heavy atom. The van der Waals surface area contributed by atoms with E-state index in [1.165, 1.54) is 47.0 Å². The lowest BCUT2D eigenvalue weighted by Gasteiger charge is -2.25. The van der Waals surface area contributed by atoms with E-state index < -0.39 is 5.82 Å². The minimum atomic E-state index is -0.453. The van der Waals surface area contributed by atoms with Crippen LogP contribution >= 0.6 is 11.8 Å². The van der Waals surface area contributed by atoms with E-state index in [4.69, 9.17) is 0 Å². The predicted octanol–water partition coefficient (Wildman–Crippen LogP) is 4.09. The summed E-state index contributed by atoms with van der Waals surface area (Å²) in [5, 5.41) is -0.428. The maximum atomic E-state index is 13.6. The molecule has 0 unspecified atom stereocenters. The lowest BCUT2D eigenvalue weighted by Crippen LogP contribution is -2.34. The monoisotopic (exact) mass is 404 g/mol. The number of carbonyl (C=O) groups is 2. The molecule has 4 nitrogen and oxygen atoms in total. The second-order valence-corrected chi connectivity index (χ2v) is 8.23. The van der Waals surface area contributed by atoms with Crippen molar-refractivity contribution in [2.45, 2.75) is 24.0 Å². The van der Waals surface area contributed by atoms with Crippen LogP contribution in [0.25, 0.3) is 0 Å². The lowest BCUT2D eigenvalue weighted by atomic mass is 10.2. The van der Waals surface area contributed by atoms with E-state index in [1.54, 1.807) is 24.1 Å². The van der Waals surface area contributed by atoms with E-state index in [0.717, 1.165) is 5.56 Å². The molecule has 0 N–H and O–H groups in total. The second kappa shape index (κ2) is 8.73. The Hall–Kier alpha value is -2.41. The van der Waals surface area contributed by atoms with Crippen LogP contribution in [0.4, 0.5) is 8.78 Å². The molecule has 0 bridgehead atoms. The van der Waals surface area contributed by atoms with Crippen LogP contribution in [0.5, 0.6) is 0 Å². The smallest absolute Gasteiger partial charge is 0.253 e. The summed E-state index contributed by atoms with van der Waals surface area (Å²) >= 11 is 1.49. The van der Waals surface area contributed by atoms with E-state index in [1.807, 2.05) is 13.0 Å². The number of hydrogen-bond donors (Lipinski definition) is 0. The second-order valence-electron chi connectivity index (χ2n) is 6.81. The van der Waals surface area contributed by atoms with Gasteiger partial charge in [-0.1, -0.05) is 18.2 Å². The number of benzene rings is 2. The van der Waals surface area contributed by atoms with Crippen LogP contribution in [0.1, 0.15) is 34.6 Å². The molecule has 3 rings (SSSR count). The topological polar surface area (TPSA) is 40.6 Å². The van der Waals surface area contributed by atoms with Gasteiger partial charge < -0.3 is 9.80 Å². The molecule has 0 aliphatic carbocycles. The van der Waals surface area contributed by atoms with Gasteiger partial charge in [-0.05, 0) is 49.2 Å². The Balaban J connectivity index is 1.62. The van der Waals surface area contributed by atoms with Gasteiger partial charge in [-0.2, -0.15) is 0 Å². The van der Waals surface area contributed by atoms with Gasteiger partial charge in [-0.25, -0.2) is 8.78 Å². The minimum Gasteiger partial charge on any atom is -0.342 e. The van der Waals surface area contributed by atoms with Crippen molar-refractivity contribution < 1.29 is 18.4 Å². The van der Waals surface area contributed by atoms with Gasteiger partial charge >= 0.3 is 0 Å². The average Bonchev–Trinajstić information content (AvgIpc) is 2.96. The summed E-state index contributed by atoms with van der Waals surface area (Å²) in [5.74, 6) is -1.04. The SMILES string of the molecule is C[C@H]1S[C@@H](c2cccc(F)c2)N(CCCN(C)C(=O)c2cccc(F)c2)C1=O. The molecule has 148 valence electrons. The van der Waals surface area contributed by atoms with Crippen LogP contribution in [0.2, 0.25) is 0 Å². The van der Waals surface area contributed by atoms with Gasteiger partial charge in [0.25, 0.3) is 5.91 Å². The first-order valence-electron chi connectivity index (χ1n) is 9.09. The summed E-state index contributed by atoms with van der Waals surface area (Å²) < 4.78 is 26.9. The molecule has 0 radical (unpaired) electrons. The molecule has 0 spiro atoms. The standard InChI is InChI=1S/C21H22F2N2O2S/c1-14-19(26)25(21(28-14)16-7-4-9-18(23)13-16)11-5-10-24(2)20(27)15-6-3-8-17(22)12-15/h3-4,6-9,12-14,21H,5,10-11H2,1-2H3/t14-,21+/m1/s1. The Morgan fingerprint density at radius 3 is 2.50 bits per heavy atom. The summed E-state index contributed by atoms with van der Waals surface area (Å²) in [6.45, 7) is 2.73. The summed E-state index contributed by atoms with van der Waals surface area (Å²) in [6.07, 6.45) is 0.572. The summed E-state index contributed by atoms with van der Waals surface area (Å²) in [6, 6.07) is 11.9. The van der Waals surface area contributed by atoms with Crippen LogP contribution in [0.3, 0.4) is 0 Å². The first kappa shape index (κ1) is 20.3. The zero-order chi connectivity index (χ0) is 20.3. The predicted molar refractivity (Wildman–Crippen MR) is 106 cm³/mol. The molecule has 1 aliphatic heterocycles. The van der Waals surface area contributed by atoms with Gasteiger partial charge in [0.15, 0.2) is 0 Å². The van der Waals surface area contributed by atoms with Crippen molar-refractivity contribution in [1.29, 1.82) is 0 Å². The van der Waals surface area contributed by atoms with Crippen molar-refractivity contribution in [3.8, 4) is 0 Å². The van der Waals surface area contributed by atoms with E-state index in [2.05, 4.69) is 0 Å². The number of thioether (sulfide) groups is 1. The first-order chi connectivity index (χ1) is 13.4. The molecule has 1 heterocycles. The van der Waals surface area contributed by atoms with Crippen LogP contribution in [0.15, 0.2) is 48.5 Å². The fourth-order valence-electron chi connectivity index (χ4n) is 3.24. The van der Waals surface area contributed by atoms with E-state index in [0.29, 0.717) is 25.1 Å². The quantitative estimate of drug-likeness (QED) is 0.728. The fraction of sp³-hybridized carbons (Fsp3) is 0.333. The largest absolute Gasteiger partial charge is 0.342 e. The third-order valence-electron chi connectivity index (χ3n) is 4.69. The van der Waals surface area contributed by atoms with Crippen molar-refractivity contribution in [3.05, 3.63) is 71.3 Å². The molecule has 2 amide bonds. The summed E-state index contributed by atoms with van der Waals surface area (Å²) in [5.41, 5.74) is 1.05. The third-order valence-corrected chi connectivity index (χ3v) is 6.09. The van der Waals surface area contributed by atoms with Crippen molar-refractivity contribution in [2.24, 2.45) is 0 Å². The number of halogens is 2. The number of carbonyl (C=O) groups excluding carboxylic acids is 2. The zero-order valence-corrected chi connectivity index (χ0v) is 16.6. The average molecular weight is 404 g/mol. The zero-order valence-electron chi connectivity index (χ0n) is 15.8. The molecule has 28 heavy (non-hydrogen) atoms. The van der Waals surface area contributed by atoms with Crippen molar-refractivity contribution in [2.75, 3.05) is 20.1 Å². The lowest BCUT2D eigenvalue weighted by molar-refractivity contribution is -0.129. The fourth-order valence-corrected chi connectivity index (χ4v) is 4.54. The van der Waals surface area contributed by atoms with Crippen LogP contribution in [-0.4, -0.2) is 47.0 Å². The van der Waals surface area contributed by atoms with Crippen molar-refractivity contribution >= 4 is 23.6 Å². The van der Waals surface area contributed by atoms with Gasteiger partial charge in [0, 0.05) is 25.7 Å². The number of rotatable bonds is 6. The minimum absolute atomic E-state index is 0.0124. The van der Waals surface area contributed by atoms with E-state index >= 15 is 0 Å². The van der Waals surface area contributed by atoms with Gasteiger partial charge in [0.2, 0.25) is 5.91 Å². The van der Waals surface area contributed by atoms with Gasteiger partial charge in [-0.15, -0.1) is 11.8 Å². The molecule has 2 aromatic carbocycles. The van der Waals surface area contributed by atoms with Gasteiger partial charge in [-0.3, -0.25) is 9.59 Å².